The van der Waals surface area contributed by atoms with Crippen molar-refractivity contribution in [1.29, 1.82) is 0 Å². The first kappa shape index (κ1) is 20.7. The van der Waals surface area contributed by atoms with E-state index >= 15 is 0 Å². The van der Waals surface area contributed by atoms with Crippen LogP contribution in [0.15, 0.2) is 59.6 Å². The molecule has 30 heavy (non-hydrogen) atoms. The molecule has 3 atom stereocenters. The van der Waals surface area contributed by atoms with E-state index in [1.165, 1.54) is 11.1 Å². The van der Waals surface area contributed by atoms with Gasteiger partial charge in [-0.15, -0.1) is 0 Å². The molecular weight excluding hydrogens is 372 g/mol. The zero-order valence-corrected chi connectivity index (χ0v) is 18.2. The molecular formula is C25H34N4O. The predicted molar refractivity (Wildman–Crippen MR) is 123 cm³/mol. The Morgan fingerprint density at radius 2 is 1.90 bits per heavy atom. The highest BCUT2D eigenvalue weighted by Gasteiger charge is 2.26. The number of rotatable bonds is 5. The van der Waals surface area contributed by atoms with Gasteiger partial charge in [0.2, 0.25) is 0 Å². The summed E-state index contributed by atoms with van der Waals surface area (Å²) < 4.78 is 5.79. The maximum absolute atomic E-state index is 5.79. The third-order valence-corrected chi connectivity index (χ3v) is 6.41. The summed E-state index contributed by atoms with van der Waals surface area (Å²) in [4.78, 5) is 7.07. The largest absolute Gasteiger partial charge is 0.493 e. The fraction of sp³-hybridized carbons (Fsp3) is 0.480. The van der Waals surface area contributed by atoms with Crippen LogP contribution in [0.2, 0.25) is 0 Å². The van der Waals surface area contributed by atoms with Crippen molar-refractivity contribution in [3.63, 3.8) is 0 Å². The van der Waals surface area contributed by atoms with Crippen molar-refractivity contribution in [1.82, 2.24) is 15.5 Å². The van der Waals surface area contributed by atoms with Crippen LogP contribution in [-0.2, 0) is 6.54 Å². The van der Waals surface area contributed by atoms with E-state index in [9.17, 15) is 0 Å². The number of piperidine rings is 1. The highest BCUT2D eigenvalue weighted by atomic mass is 16.5. The van der Waals surface area contributed by atoms with Crippen molar-refractivity contribution in [3.8, 4) is 5.75 Å². The number of ether oxygens (including phenoxy) is 1. The van der Waals surface area contributed by atoms with Gasteiger partial charge in [-0.3, -0.25) is 9.89 Å². The molecule has 3 unspecified atom stereocenters. The summed E-state index contributed by atoms with van der Waals surface area (Å²) in [6, 6.07) is 20.2. The van der Waals surface area contributed by atoms with Gasteiger partial charge in [0.05, 0.1) is 6.61 Å². The quantitative estimate of drug-likeness (QED) is 0.586. The maximum atomic E-state index is 5.79. The number of guanidine groups is 1. The van der Waals surface area contributed by atoms with Crippen molar-refractivity contribution >= 4 is 5.96 Å². The van der Waals surface area contributed by atoms with Crippen molar-refractivity contribution in [3.05, 3.63) is 65.7 Å². The Balaban J connectivity index is 1.27. The van der Waals surface area contributed by atoms with Crippen LogP contribution in [0.4, 0.5) is 0 Å². The lowest BCUT2D eigenvalue weighted by Crippen LogP contribution is -2.51. The minimum Gasteiger partial charge on any atom is -0.493 e. The summed E-state index contributed by atoms with van der Waals surface area (Å²) in [5.74, 6) is 2.39. The first-order valence-corrected chi connectivity index (χ1v) is 11.2. The monoisotopic (exact) mass is 406 g/mol. The van der Waals surface area contributed by atoms with Crippen molar-refractivity contribution in [2.45, 2.75) is 50.7 Å². The SMILES string of the molecule is CN=C(NCC1CCOc2ccccc21)NC1CCN(Cc2ccccc2)C(C)C1. The highest BCUT2D eigenvalue weighted by Crippen LogP contribution is 2.32. The summed E-state index contributed by atoms with van der Waals surface area (Å²) >= 11 is 0. The Morgan fingerprint density at radius 1 is 1.10 bits per heavy atom. The number of likely N-dealkylation sites (tertiary alicyclic amines) is 1. The Kier molecular flexibility index (Phi) is 6.90. The fourth-order valence-corrected chi connectivity index (χ4v) is 4.64. The molecule has 2 aliphatic rings. The molecule has 0 aliphatic carbocycles. The third-order valence-electron chi connectivity index (χ3n) is 6.41. The van der Waals surface area contributed by atoms with Crippen LogP contribution in [0, 0.1) is 0 Å². The van der Waals surface area contributed by atoms with Gasteiger partial charge >= 0.3 is 0 Å². The zero-order valence-electron chi connectivity index (χ0n) is 18.2. The Bertz CT molecular complexity index is 838. The van der Waals surface area contributed by atoms with Gasteiger partial charge in [-0.2, -0.15) is 0 Å². The molecule has 5 heteroatoms. The summed E-state index contributed by atoms with van der Waals surface area (Å²) in [6.45, 7) is 6.14. The van der Waals surface area contributed by atoms with E-state index in [2.05, 4.69) is 76.0 Å². The van der Waals surface area contributed by atoms with Crippen LogP contribution < -0.4 is 15.4 Å². The number of benzene rings is 2. The molecule has 2 aliphatic heterocycles. The molecule has 0 amide bonds. The predicted octanol–water partition coefficient (Wildman–Crippen LogP) is 3.77. The maximum Gasteiger partial charge on any atom is 0.191 e. The van der Waals surface area contributed by atoms with E-state index in [-0.39, 0.29) is 0 Å². The first-order chi connectivity index (χ1) is 14.7. The second-order valence-electron chi connectivity index (χ2n) is 8.50. The first-order valence-electron chi connectivity index (χ1n) is 11.2. The molecule has 1 saturated heterocycles. The molecule has 2 aromatic rings. The lowest BCUT2D eigenvalue weighted by molar-refractivity contribution is 0.134. The smallest absolute Gasteiger partial charge is 0.191 e. The number of hydrogen-bond donors (Lipinski definition) is 2. The van der Waals surface area contributed by atoms with Gasteiger partial charge in [0, 0.05) is 44.7 Å². The fourth-order valence-electron chi connectivity index (χ4n) is 4.64. The summed E-state index contributed by atoms with van der Waals surface area (Å²) in [5.41, 5.74) is 2.69. The van der Waals surface area contributed by atoms with E-state index in [0.29, 0.717) is 18.0 Å². The number of aliphatic imine (C=N–C) groups is 1. The van der Waals surface area contributed by atoms with Crippen LogP contribution in [-0.4, -0.2) is 49.7 Å². The molecule has 1 fully saturated rings. The average Bonchev–Trinajstić information content (AvgIpc) is 2.79. The van der Waals surface area contributed by atoms with E-state index in [1.807, 2.05) is 13.1 Å². The van der Waals surface area contributed by atoms with Crippen LogP contribution in [0.3, 0.4) is 0 Å². The second-order valence-corrected chi connectivity index (χ2v) is 8.50. The highest BCUT2D eigenvalue weighted by molar-refractivity contribution is 5.80. The van der Waals surface area contributed by atoms with Gasteiger partial charge in [-0.05, 0) is 43.4 Å². The normalized spacial score (nSPS) is 24.6. The van der Waals surface area contributed by atoms with Gasteiger partial charge < -0.3 is 15.4 Å². The van der Waals surface area contributed by atoms with E-state index in [1.54, 1.807) is 0 Å². The zero-order chi connectivity index (χ0) is 20.8. The minimum absolute atomic E-state index is 0.458. The molecule has 5 nitrogen and oxygen atoms in total. The molecule has 4 rings (SSSR count). The molecule has 2 N–H and O–H groups in total. The standard InChI is InChI=1S/C25H34N4O/c1-19-16-22(12-14-29(19)18-20-8-4-3-5-9-20)28-25(26-2)27-17-21-13-15-30-24-11-7-6-10-23(21)24/h3-11,19,21-22H,12-18H2,1-2H3,(H2,26,27,28). The topological polar surface area (TPSA) is 48.9 Å². The van der Waals surface area contributed by atoms with Gasteiger partial charge in [-0.1, -0.05) is 48.5 Å². The lowest BCUT2D eigenvalue weighted by atomic mass is 9.93. The molecule has 2 heterocycles. The van der Waals surface area contributed by atoms with Crippen LogP contribution in [0.5, 0.6) is 5.75 Å². The van der Waals surface area contributed by atoms with Gasteiger partial charge in [-0.25, -0.2) is 0 Å². The Morgan fingerprint density at radius 3 is 2.70 bits per heavy atom. The van der Waals surface area contributed by atoms with Crippen molar-refractivity contribution in [2.75, 3.05) is 26.7 Å². The van der Waals surface area contributed by atoms with E-state index in [0.717, 1.165) is 57.2 Å². The molecule has 0 spiro atoms. The Hall–Kier alpha value is -2.53. The molecule has 160 valence electrons. The Labute approximate surface area is 180 Å². The van der Waals surface area contributed by atoms with Crippen LogP contribution in [0.1, 0.15) is 43.2 Å². The van der Waals surface area contributed by atoms with Crippen molar-refractivity contribution < 1.29 is 4.74 Å². The second kappa shape index (κ2) is 9.98. The van der Waals surface area contributed by atoms with Crippen molar-refractivity contribution in [2.24, 2.45) is 4.99 Å². The average molecular weight is 407 g/mol. The number of nitrogens with zero attached hydrogens (tertiary/aromatic N) is 2. The molecule has 0 radical (unpaired) electrons. The van der Waals surface area contributed by atoms with E-state index < -0.39 is 0 Å². The summed E-state index contributed by atoms with van der Waals surface area (Å²) in [6.07, 6.45) is 3.31. The van der Waals surface area contributed by atoms with Crippen LogP contribution in [0.25, 0.3) is 0 Å². The van der Waals surface area contributed by atoms with Gasteiger partial charge in [0.1, 0.15) is 5.75 Å². The number of hydrogen-bond acceptors (Lipinski definition) is 3. The third kappa shape index (κ3) is 5.14. The molecule has 0 saturated carbocycles. The summed E-state index contributed by atoms with van der Waals surface area (Å²) in [5, 5.41) is 7.23. The molecule has 2 aromatic carbocycles. The van der Waals surface area contributed by atoms with Gasteiger partial charge in [0.25, 0.3) is 0 Å². The summed E-state index contributed by atoms with van der Waals surface area (Å²) in [7, 11) is 1.86. The number of fused-ring (bicyclic) bond motifs is 1. The molecule has 0 bridgehead atoms. The van der Waals surface area contributed by atoms with E-state index in [4.69, 9.17) is 4.74 Å². The number of para-hydroxylation sites is 1. The van der Waals surface area contributed by atoms with Gasteiger partial charge in [0.15, 0.2) is 5.96 Å². The van der Waals surface area contributed by atoms with Crippen LogP contribution >= 0.6 is 0 Å². The number of nitrogens with one attached hydrogen (secondary N) is 2. The molecule has 0 aromatic heterocycles. The lowest BCUT2D eigenvalue weighted by Gasteiger charge is -2.38. The minimum atomic E-state index is 0.458.